The standard InChI is InChI=1S/C12H13NO2S2/c1-2-8(7-11(14)15)16-12-13-9-5-3-4-6-10(9)17-12/h3-6,8H,2,7H2,1H3,(H,14,15). The highest BCUT2D eigenvalue weighted by Crippen LogP contribution is 2.33. The van der Waals surface area contributed by atoms with Crippen molar-refractivity contribution in [2.45, 2.75) is 29.4 Å². The first kappa shape index (κ1) is 12.4. The summed E-state index contributed by atoms with van der Waals surface area (Å²) in [6.07, 6.45) is 1.03. The van der Waals surface area contributed by atoms with Crippen molar-refractivity contribution >= 4 is 39.3 Å². The van der Waals surface area contributed by atoms with Gasteiger partial charge in [-0.15, -0.1) is 11.3 Å². The molecule has 1 aromatic carbocycles. The van der Waals surface area contributed by atoms with Gasteiger partial charge in [-0.2, -0.15) is 0 Å². The molecule has 2 aromatic rings. The number of carboxylic acids is 1. The third kappa shape index (κ3) is 3.20. The van der Waals surface area contributed by atoms with E-state index in [9.17, 15) is 4.79 Å². The summed E-state index contributed by atoms with van der Waals surface area (Å²) < 4.78 is 2.11. The number of benzene rings is 1. The molecule has 2 rings (SSSR count). The molecule has 0 fully saturated rings. The SMILES string of the molecule is CCC(CC(=O)O)Sc1nc2ccccc2s1. The van der Waals surface area contributed by atoms with E-state index < -0.39 is 5.97 Å². The average molecular weight is 267 g/mol. The van der Waals surface area contributed by atoms with Gasteiger partial charge in [-0.3, -0.25) is 4.79 Å². The molecule has 1 atom stereocenters. The zero-order valence-corrected chi connectivity index (χ0v) is 11.1. The summed E-state index contributed by atoms with van der Waals surface area (Å²) in [4.78, 5) is 15.2. The number of para-hydroxylation sites is 1. The van der Waals surface area contributed by atoms with Crippen LogP contribution in [0.25, 0.3) is 10.2 Å². The summed E-state index contributed by atoms with van der Waals surface area (Å²) >= 11 is 3.20. The van der Waals surface area contributed by atoms with Crippen LogP contribution in [0.1, 0.15) is 19.8 Å². The molecule has 0 aliphatic heterocycles. The Kier molecular flexibility index (Phi) is 4.02. The van der Waals surface area contributed by atoms with Gasteiger partial charge in [0.25, 0.3) is 0 Å². The third-order valence-electron chi connectivity index (χ3n) is 2.40. The van der Waals surface area contributed by atoms with Crippen molar-refractivity contribution in [3.05, 3.63) is 24.3 Å². The minimum atomic E-state index is -0.745. The molecule has 0 radical (unpaired) electrons. The Morgan fingerprint density at radius 1 is 1.53 bits per heavy atom. The smallest absolute Gasteiger partial charge is 0.304 e. The molecule has 1 aromatic heterocycles. The lowest BCUT2D eigenvalue weighted by molar-refractivity contribution is -0.136. The number of nitrogens with zero attached hydrogens (tertiary/aromatic N) is 1. The maximum Gasteiger partial charge on any atom is 0.304 e. The Morgan fingerprint density at radius 2 is 2.29 bits per heavy atom. The van der Waals surface area contributed by atoms with Gasteiger partial charge in [0.1, 0.15) is 0 Å². The Hall–Kier alpha value is -1.07. The molecule has 5 heteroatoms. The van der Waals surface area contributed by atoms with Gasteiger partial charge >= 0.3 is 5.97 Å². The van der Waals surface area contributed by atoms with Gasteiger partial charge < -0.3 is 5.11 Å². The number of carbonyl (C=O) groups is 1. The zero-order chi connectivity index (χ0) is 12.3. The third-order valence-corrected chi connectivity index (χ3v) is 4.90. The number of aliphatic carboxylic acids is 1. The van der Waals surface area contributed by atoms with Crippen molar-refractivity contribution < 1.29 is 9.90 Å². The average Bonchev–Trinajstić information content (AvgIpc) is 2.69. The van der Waals surface area contributed by atoms with E-state index >= 15 is 0 Å². The number of rotatable bonds is 5. The Morgan fingerprint density at radius 3 is 2.94 bits per heavy atom. The van der Waals surface area contributed by atoms with Crippen LogP contribution in [-0.4, -0.2) is 21.3 Å². The van der Waals surface area contributed by atoms with E-state index in [1.165, 1.54) is 0 Å². The fourth-order valence-corrected chi connectivity index (χ4v) is 3.90. The highest BCUT2D eigenvalue weighted by Gasteiger charge is 2.15. The number of carboxylic acid groups (broad SMARTS) is 1. The number of hydrogen-bond acceptors (Lipinski definition) is 4. The van der Waals surface area contributed by atoms with Gasteiger partial charge in [-0.1, -0.05) is 30.8 Å². The summed E-state index contributed by atoms with van der Waals surface area (Å²) in [6.45, 7) is 2.01. The number of fused-ring (bicyclic) bond motifs is 1. The van der Waals surface area contributed by atoms with E-state index in [1.807, 2.05) is 31.2 Å². The van der Waals surface area contributed by atoms with E-state index in [2.05, 4.69) is 4.98 Å². The molecule has 0 spiro atoms. The molecule has 0 bridgehead atoms. The topological polar surface area (TPSA) is 50.2 Å². The van der Waals surface area contributed by atoms with Gasteiger partial charge in [-0.25, -0.2) is 4.98 Å². The largest absolute Gasteiger partial charge is 0.481 e. The lowest BCUT2D eigenvalue weighted by atomic mass is 10.2. The van der Waals surface area contributed by atoms with Crippen molar-refractivity contribution in [1.82, 2.24) is 4.98 Å². The number of thioether (sulfide) groups is 1. The van der Waals surface area contributed by atoms with Crippen molar-refractivity contribution in [2.75, 3.05) is 0 Å². The van der Waals surface area contributed by atoms with E-state index in [4.69, 9.17) is 5.11 Å². The van der Waals surface area contributed by atoms with Crippen LogP contribution in [0.15, 0.2) is 28.6 Å². The van der Waals surface area contributed by atoms with Crippen LogP contribution < -0.4 is 0 Å². The second-order valence-corrected chi connectivity index (χ2v) is 6.27. The molecular weight excluding hydrogens is 254 g/mol. The molecule has 0 aliphatic rings. The van der Waals surface area contributed by atoms with Crippen LogP contribution in [0.2, 0.25) is 0 Å². The molecule has 0 amide bonds. The first-order chi connectivity index (χ1) is 8.19. The summed E-state index contributed by atoms with van der Waals surface area (Å²) in [6, 6.07) is 7.97. The van der Waals surface area contributed by atoms with Crippen LogP contribution in [0.4, 0.5) is 0 Å². The summed E-state index contributed by atoms with van der Waals surface area (Å²) in [5.74, 6) is -0.745. The second kappa shape index (κ2) is 5.51. The van der Waals surface area contributed by atoms with Crippen molar-refractivity contribution in [3.8, 4) is 0 Å². The highest BCUT2D eigenvalue weighted by atomic mass is 32.2. The highest BCUT2D eigenvalue weighted by molar-refractivity contribution is 8.01. The zero-order valence-electron chi connectivity index (χ0n) is 9.42. The van der Waals surface area contributed by atoms with Gasteiger partial charge in [0.05, 0.1) is 16.6 Å². The van der Waals surface area contributed by atoms with E-state index in [0.29, 0.717) is 0 Å². The maximum atomic E-state index is 10.7. The van der Waals surface area contributed by atoms with Crippen LogP contribution in [-0.2, 0) is 4.79 Å². The molecule has 1 N–H and O–H groups in total. The molecule has 3 nitrogen and oxygen atoms in total. The first-order valence-corrected chi connectivity index (χ1v) is 7.12. The van der Waals surface area contributed by atoms with Crippen molar-refractivity contribution in [2.24, 2.45) is 0 Å². The van der Waals surface area contributed by atoms with Crippen LogP contribution in [0.3, 0.4) is 0 Å². The predicted molar refractivity (Wildman–Crippen MR) is 71.8 cm³/mol. The minimum Gasteiger partial charge on any atom is -0.481 e. The Bertz CT molecular complexity index is 491. The number of thiazole rings is 1. The van der Waals surface area contributed by atoms with Crippen LogP contribution in [0, 0.1) is 0 Å². The first-order valence-electron chi connectivity index (χ1n) is 5.43. The Balaban J connectivity index is 2.14. The van der Waals surface area contributed by atoms with E-state index in [0.717, 1.165) is 21.0 Å². The monoisotopic (exact) mass is 267 g/mol. The van der Waals surface area contributed by atoms with Gasteiger partial charge in [0.2, 0.25) is 0 Å². The second-order valence-electron chi connectivity index (χ2n) is 3.69. The molecule has 17 heavy (non-hydrogen) atoms. The minimum absolute atomic E-state index is 0.105. The van der Waals surface area contributed by atoms with Crippen molar-refractivity contribution in [3.63, 3.8) is 0 Å². The van der Waals surface area contributed by atoms with Gasteiger partial charge in [0, 0.05) is 5.25 Å². The van der Waals surface area contributed by atoms with Crippen LogP contribution in [0.5, 0.6) is 0 Å². The molecule has 0 saturated carbocycles. The lowest BCUT2D eigenvalue weighted by Crippen LogP contribution is -2.08. The maximum absolute atomic E-state index is 10.7. The molecule has 0 saturated heterocycles. The Labute approximate surface area is 108 Å². The molecule has 1 unspecified atom stereocenters. The molecule has 1 heterocycles. The van der Waals surface area contributed by atoms with Gasteiger partial charge in [-0.05, 0) is 18.6 Å². The normalized spacial score (nSPS) is 12.8. The van der Waals surface area contributed by atoms with E-state index in [-0.39, 0.29) is 11.7 Å². The number of hydrogen-bond donors (Lipinski definition) is 1. The van der Waals surface area contributed by atoms with Gasteiger partial charge in [0.15, 0.2) is 4.34 Å². The number of aromatic nitrogens is 1. The quantitative estimate of drug-likeness (QED) is 0.840. The fourth-order valence-electron chi connectivity index (χ4n) is 1.51. The summed E-state index contributed by atoms with van der Waals surface area (Å²) in [5, 5.41) is 8.91. The molecule has 90 valence electrons. The predicted octanol–water partition coefficient (Wildman–Crippen LogP) is 3.64. The summed E-state index contributed by atoms with van der Waals surface area (Å²) in [7, 11) is 0. The van der Waals surface area contributed by atoms with E-state index in [1.54, 1.807) is 23.1 Å². The molecule has 0 aliphatic carbocycles. The lowest BCUT2D eigenvalue weighted by Gasteiger charge is -2.08. The summed E-state index contributed by atoms with van der Waals surface area (Å²) in [5.41, 5.74) is 0.991. The van der Waals surface area contributed by atoms with Crippen LogP contribution >= 0.6 is 23.1 Å². The van der Waals surface area contributed by atoms with Crippen molar-refractivity contribution in [1.29, 1.82) is 0 Å². The molecular formula is C12H13NO2S2. The fraction of sp³-hybridized carbons (Fsp3) is 0.333.